The highest BCUT2D eigenvalue weighted by atomic mass is 28.3. The Morgan fingerprint density at radius 2 is 1.21 bits per heavy atom. The molecule has 8 aromatic rings. The van der Waals surface area contributed by atoms with E-state index in [0.717, 1.165) is 49.6 Å². The number of benzene rings is 6. The number of para-hydroxylation sites is 2. The molecule has 0 bridgehead atoms. The average Bonchev–Trinajstić information content (AvgIpc) is 3.69. The molecule has 2 heterocycles. The number of nitrogens with zero attached hydrogens (tertiary/aromatic N) is 1. The van der Waals surface area contributed by atoms with Gasteiger partial charge in [-0.1, -0.05) is 144 Å². The van der Waals surface area contributed by atoms with Crippen molar-refractivity contribution in [2.45, 2.75) is 59.2 Å². The van der Waals surface area contributed by atoms with Crippen LogP contribution in [0.1, 0.15) is 50.7 Å². The highest BCUT2D eigenvalue weighted by Crippen LogP contribution is 2.44. The van der Waals surface area contributed by atoms with Crippen molar-refractivity contribution in [2.24, 2.45) is 0 Å². The molecule has 0 spiro atoms. The van der Waals surface area contributed by atoms with Crippen LogP contribution in [-0.4, -0.2) is 13.1 Å². The quantitative estimate of drug-likeness (QED) is 0.169. The first kappa shape index (κ1) is 30.4. The summed E-state index contributed by atoms with van der Waals surface area (Å²) < 4.78 is 13.6. The zero-order valence-corrected chi connectivity index (χ0v) is 29.8. The van der Waals surface area contributed by atoms with Gasteiger partial charge in [-0.25, -0.2) is 4.98 Å². The minimum atomic E-state index is -1.50. The maximum absolute atomic E-state index is 6.81. The molecular formula is C44H41NO2Si. The van der Waals surface area contributed by atoms with E-state index in [2.05, 4.69) is 157 Å². The lowest BCUT2D eigenvalue weighted by Gasteiger charge is -2.22. The second-order valence-electron chi connectivity index (χ2n) is 14.8. The van der Waals surface area contributed by atoms with Gasteiger partial charge in [-0.05, 0) is 63.2 Å². The molecule has 8 rings (SSSR count). The predicted molar refractivity (Wildman–Crippen MR) is 206 cm³/mol. The summed E-state index contributed by atoms with van der Waals surface area (Å²) in [5.41, 5.74) is 11.7. The summed E-state index contributed by atoms with van der Waals surface area (Å²) in [5, 5.41) is 5.97. The second kappa shape index (κ2) is 11.3. The summed E-state index contributed by atoms with van der Waals surface area (Å²) in [6.07, 6.45) is 0. The molecule has 0 saturated heterocycles. The van der Waals surface area contributed by atoms with Crippen LogP contribution in [-0.2, 0) is 0 Å². The first-order valence-corrected chi connectivity index (χ1v) is 20.6. The lowest BCUT2D eigenvalue weighted by molar-refractivity contribution is 0.616. The molecule has 6 aromatic carbocycles. The van der Waals surface area contributed by atoms with Crippen LogP contribution in [0.15, 0.2) is 118 Å². The Labute approximate surface area is 283 Å². The van der Waals surface area contributed by atoms with Crippen LogP contribution >= 0.6 is 0 Å². The maximum Gasteiger partial charge on any atom is 0.231 e. The smallest absolute Gasteiger partial charge is 0.231 e. The fourth-order valence-electron chi connectivity index (χ4n) is 7.18. The fourth-order valence-corrected chi connectivity index (χ4v) is 8.34. The van der Waals surface area contributed by atoms with Crippen molar-refractivity contribution in [2.75, 3.05) is 0 Å². The first-order valence-electron chi connectivity index (χ1n) is 17.1. The van der Waals surface area contributed by atoms with Gasteiger partial charge in [0.2, 0.25) is 5.89 Å². The fraction of sp³-hybridized carbons (Fsp3) is 0.205. The Morgan fingerprint density at radius 3 is 1.92 bits per heavy atom. The van der Waals surface area contributed by atoms with Gasteiger partial charge in [0.25, 0.3) is 0 Å². The Hall–Kier alpha value is -4.93. The Kier molecular flexibility index (Phi) is 7.19. The highest BCUT2D eigenvalue weighted by molar-refractivity contribution is 6.88. The number of rotatable bonds is 6. The molecule has 238 valence electrons. The second-order valence-corrected chi connectivity index (χ2v) is 19.9. The van der Waals surface area contributed by atoms with Gasteiger partial charge >= 0.3 is 0 Å². The lowest BCUT2D eigenvalue weighted by Crippen LogP contribution is -2.37. The van der Waals surface area contributed by atoms with E-state index in [0.29, 0.717) is 17.7 Å². The van der Waals surface area contributed by atoms with Crippen LogP contribution in [0.2, 0.25) is 19.6 Å². The number of hydrogen-bond donors (Lipinski definition) is 0. The minimum absolute atomic E-state index is 0.319. The minimum Gasteiger partial charge on any atom is -0.455 e. The Bertz CT molecular complexity index is 2460. The summed E-state index contributed by atoms with van der Waals surface area (Å²) in [4.78, 5) is 5.09. The van der Waals surface area contributed by atoms with Crippen molar-refractivity contribution < 1.29 is 8.83 Å². The van der Waals surface area contributed by atoms with Crippen molar-refractivity contribution in [3.8, 4) is 33.7 Å². The van der Waals surface area contributed by atoms with E-state index in [9.17, 15) is 0 Å². The molecular weight excluding hydrogens is 603 g/mol. The van der Waals surface area contributed by atoms with E-state index in [4.69, 9.17) is 13.8 Å². The zero-order chi connectivity index (χ0) is 33.3. The highest BCUT2D eigenvalue weighted by Gasteiger charge is 2.24. The third-order valence-corrected chi connectivity index (χ3v) is 11.9. The van der Waals surface area contributed by atoms with Gasteiger partial charge in [-0.15, -0.1) is 0 Å². The van der Waals surface area contributed by atoms with Crippen molar-refractivity contribution in [3.63, 3.8) is 0 Å². The predicted octanol–water partition coefficient (Wildman–Crippen LogP) is 12.7. The monoisotopic (exact) mass is 643 g/mol. The van der Waals surface area contributed by atoms with E-state index >= 15 is 0 Å². The number of furan rings is 1. The molecule has 0 amide bonds. The molecule has 0 atom stereocenters. The summed E-state index contributed by atoms with van der Waals surface area (Å²) in [5.74, 6) is 1.21. The lowest BCUT2D eigenvalue weighted by atomic mass is 9.82. The molecule has 0 N–H and O–H groups in total. The molecule has 3 nitrogen and oxygen atoms in total. The van der Waals surface area contributed by atoms with Gasteiger partial charge in [-0.2, -0.15) is 0 Å². The van der Waals surface area contributed by atoms with Gasteiger partial charge < -0.3 is 8.83 Å². The third kappa shape index (κ3) is 4.98. The van der Waals surface area contributed by atoms with Crippen LogP contribution in [0.4, 0.5) is 0 Å². The van der Waals surface area contributed by atoms with Gasteiger partial charge in [0.15, 0.2) is 5.58 Å². The van der Waals surface area contributed by atoms with Gasteiger partial charge in [0, 0.05) is 21.7 Å². The topological polar surface area (TPSA) is 39.2 Å². The summed E-state index contributed by atoms with van der Waals surface area (Å²) in [7, 11) is -1.50. The standard InChI is InChI=1S/C44H41NO2Si/c1-26(2)36-23-30(28-13-9-8-10-14-28)24-37(27(3)4)40(36)34-16-12-18-39-43(34)47-44(45-39)35-17-11-15-32-33-22-20-29-19-21-31(48(5,6)7)25-38(29)42(33)46-41(32)35/h8-27H,1-7H3. The van der Waals surface area contributed by atoms with Gasteiger partial charge in [-0.3, -0.25) is 0 Å². The Morgan fingerprint density at radius 1 is 0.542 bits per heavy atom. The van der Waals surface area contributed by atoms with E-state index < -0.39 is 8.07 Å². The van der Waals surface area contributed by atoms with E-state index in [1.807, 2.05) is 0 Å². The van der Waals surface area contributed by atoms with Gasteiger partial charge in [0.1, 0.15) is 16.7 Å². The average molecular weight is 644 g/mol. The maximum atomic E-state index is 6.81. The molecule has 0 saturated carbocycles. The molecule has 2 aromatic heterocycles. The molecule has 0 aliphatic carbocycles. The molecule has 4 heteroatoms. The van der Waals surface area contributed by atoms with Crippen molar-refractivity contribution in [1.29, 1.82) is 0 Å². The van der Waals surface area contributed by atoms with Crippen LogP contribution in [0.25, 0.3) is 77.5 Å². The molecule has 48 heavy (non-hydrogen) atoms. The SMILES string of the molecule is CC(C)c1cc(-c2ccccc2)cc(C(C)C)c1-c1cccc2nc(-c3cccc4c3oc3c5cc([Si](C)(C)C)ccc5ccc43)oc12. The van der Waals surface area contributed by atoms with Crippen molar-refractivity contribution in [3.05, 3.63) is 120 Å². The van der Waals surface area contributed by atoms with Crippen molar-refractivity contribution in [1.82, 2.24) is 4.98 Å². The van der Waals surface area contributed by atoms with Gasteiger partial charge in [0.05, 0.1) is 13.6 Å². The number of aromatic nitrogens is 1. The Balaban J connectivity index is 1.34. The molecule has 0 fully saturated rings. The number of fused-ring (bicyclic) bond motifs is 6. The number of oxazole rings is 1. The number of hydrogen-bond acceptors (Lipinski definition) is 3. The first-order chi connectivity index (χ1) is 23.1. The summed E-state index contributed by atoms with van der Waals surface area (Å²) >= 11 is 0. The normalized spacial score (nSPS) is 12.4. The van der Waals surface area contributed by atoms with Crippen LogP contribution < -0.4 is 5.19 Å². The molecule has 0 unspecified atom stereocenters. The molecule has 0 aliphatic heterocycles. The largest absolute Gasteiger partial charge is 0.455 e. The zero-order valence-electron chi connectivity index (χ0n) is 28.8. The van der Waals surface area contributed by atoms with E-state index in [-0.39, 0.29) is 0 Å². The molecule has 0 aliphatic rings. The van der Waals surface area contributed by atoms with E-state index in [1.165, 1.54) is 38.4 Å². The molecule has 0 radical (unpaired) electrons. The van der Waals surface area contributed by atoms with E-state index in [1.54, 1.807) is 0 Å². The van der Waals surface area contributed by atoms with Crippen LogP contribution in [0, 0.1) is 0 Å². The summed E-state index contributed by atoms with van der Waals surface area (Å²) in [6, 6.07) is 39.3. The van der Waals surface area contributed by atoms with Crippen molar-refractivity contribution >= 4 is 57.1 Å². The van der Waals surface area contributed by atoms with Crippen LogP contribution in [0.5, 0.6) is 0 Å². The van der Waals surface area contributed by atoms with Crippen LogP contribution in [0.3, 0.4) is 0 Å². The third-order valence-electron chi connectivity index (χ3n) is 9.81. The summed E-state index contributed by atoms with van der Waals surface area (Å²) in [6.45, 7) is 16.3.